The summed E-state index contributed by atoms with van der Waals surface area (Å²) in [7, 11) is 0. The van der Waals surface area contributed by atoms with Crippen LogP contribution in [0.25, 0.3) is 0 Å². The van der Waals surface area contributed by atoms with E-state index in [1.807, 2.05) is 37.3 Å². The van der Waals surface area contributed by atoms with Crippen LogP contribution in [0, 0.1) is 0 Å². The molecule has 46 heavy (non-hydrogen) atoms. The molecular formula is C35H45N5O6. The monoisotopic (exact) mass is 631 g/mol. The van der Waals surface area contributed by atoms with Gasteiger partial charge in [0.1, 0.15) is 11.4 Å². The summed E-state index contributed by atoms with van der Waals surface area (Å²) in [6, 6.07) is 20.7. The number of morpholine rings is 1. The van der Waals surface area contributed by atoms with E-state index >= 15 is 0 Å². The lowest BCUT2D eigenvalue weighted by Crippen LogP contribution is -2.37. The highest BCUT2D eigenvalue weighted by atomic mass is 16.6. The zero-order valence-corrected chi connectivity index (χ0v) is 27.1. The maximum absolute atomic E-state index is 13.2. The first-order valence-corrected chi connectivity index (χ1v) is 15.7. The zero-order chi connectivity index (χ0) is 32.9. The lowest BCUT2D eigenvalue weighted by molar-refractivity contribution is 0.0369. The second-order valence-corrected chi connectivity index (χ2v) is 12.0. The fraction of sp³-hybridized carbons (Fsp3) is 0.400. The molecule has 0 spiro atoms. The Morgan fingerprint density at radius 2 is 1.59 bits per heavy atom. The highest BCUT2D eigenvalue weighted by molar-refractivity contribution is 6.06. The Morgan fingerprint density at radius 3 is 2.26 bits per heavy atom. The number of amides is 4. The Kier molecular flexibility index (Phi) is 12.4. The second kappa shape index (κ2) is 16.6. The van der Waals surface area contributed by atoms with Crippen molar-refractivity contribution in [3.05, 3.63) is 83.9 Å². The number of nitrogens with one attached hydrogen (secondary N) is 4. The van der Waals surface area contributed by atoms with Gasteiger partial charge in [0.15, 0.2) is 0 Å². The van der Waals surface area contributed by atoms with Crippen molar-refractivity contribution in [3.8, 4) is 5.75 Å². The van der Waals surface area contributed by atoms with Gasteiger partial charge in [-0.3, -0.25) is 15.0 Å². The molecule has 1 aliphatic rings. The van der Waals surface area contributed by atoms with Crippen LogP contribution in [0.3, 0.4) is 0 Å². The fourth-order valence-corrected chi connectivity index (χ4v) is 5.00. The number of carbonyl (C=O) groups excluding carboxylic acids is 3. The molecule has 4 rings (SSSR count). The molecule has 1 aliphatic heterocycles. The van der Waals surface area contributed by atoms with Crippen LogP contribution in [0.5, 0.6) is 5.75 Å². The van der Waals surface area contributed by atoms with Gasteiger partial charge < -0.3 is 30.2 Å². The number of para-hydroxylation sites is 2. The van der Waals surface area contributed by atoms with Gasteiger partial charge in [0.25, 0.3) is 5.91 Å². The first kappa shape index (κ1) is 34.3. The summed E-state index contributed by atoms with van der Waals surface area (Å²) >= 11 is 0. The van der Waals surface area contributed by atoms with E-state index in [0.717, 1.165) is 44.8 Å². The van der Waals surface area contributed by atoms with E-state index in [1.165, 1.54) is 0 Å². The molecule has 0 aliphatic carbocycles. The van der Waals surface area contributed by atoms with Crippen LogP contribution in [0.2, 0.25) is 0 Å². The minimum absolute atomic E-state index is 0.285. The van der Waals surface area contributed by atoms with Crippen molar-refractivity contribution < 1.29 is 28.6 Å². The van der Waals surface area contributed by atoms with Gasteiger partial charge in [0.2, 0.25) is 0 Å². The van der Waals surface area contributed by atoms with Crippen molar-refractivity contribution in [2.45, 2.75) is 52.2 Å². The minimum atomic E-state index is -0.658. The molecule has 1 unspecified atom stereocenters. The van der Waals surface area contributed by atoms with Crippen molar-refractivity contribution in [3.63, 3.8) is 0 Å². The van der Waals surface area contributed by atoms with Crippen LogP contribution < -0.4 is 26.0 Å². The smallest absolute Gasteiger partial charge is 0.412 e. The first-order chi connectivity index (χ1) is 22.1. The standard InChI is InChI=1S/C35H45N5O6/c1-5-45-28-11-8-10-27(24-28)36-33(42)38-29(14-9-19-40-20-22-44-23-21-40)25-15-17-26(18-16-25)32(41)37-30-12-6-7-13-31(30)39-34(43)46-35(2,3)4/h6-8,10-13,15-18,24,29H,5,9,14,19-23H2,1-4H3,(H,37,41)(H,39,43)(H2,36,38,42). The largest absolute Gasteiger partial charge is 0.494 e. The van der Waals surface area contributed by atoms with Gasteiger partial charge in [-0.25, -0.2) is 9.59 Å². The number of anilines is 3. The third-order valence-corrected chi connectivity index (χ3v) is 7.17. The number of hydrogen-bond donors (Lipinski definition) is 4. The molecule has 1 atom stereocenters. The van der Waals surface area contributed by atoms with E-state index in [-0.39, 0.29) is 18.0 Å². The van der Waals surface area contributed by atoms with Gasteiger partial charge in [0.05, 0.1) is 37.2 Å². The molecule has 246 valence electrons. The predicted octanol–water partition coefficient (Wildman–Crippen LogP) is 6.66. The summed E-state index contributed by atoms with van der Waals surface area (Å²) in [5.74, 6) is 0.341. The number of carbonyl (C=O) groups is 3. The molecule has 1 saturated heterocycles. The van der Waals surface area contributed by atoms with Crippen molar-refractivity contribution >= 4 is 35.1 Å². The van der Waals surface area contributed by atoms with E-state index in [1.54, 1.807) is 63.2 Å². The van der Waals surface area contributed by atoms with Crippen molar-refractivity contribution in [2.75, 3.05) is 55.4 Å². The molecular weight excluding hydrogens is 586 g/mol. The fourth-order valence-electron chi connectivity index (χ4n) is 5.00. The topological polar surface area (TPSA) is 130 Å². The molecule has 11 nitrogen and oxygen atoms in total. The third kappa shape index (κ3) is 11.1. The van der Waals surface area contributed by atoms with Gasteiger partial charge in [-0.1, -0.05) is 30.3 Å². The summed E-state index contributed by atoms with van der Waals surface area (Å²) in [6.07, 6.45) is 0.963. The molecule has 3 aromatic rings. The maximum Gasteiger partial charge on any atom is 0.412 e. The Balaban J connectivity index is 1.43. The van der Waals surface area contributed by atoms with Gasteiger partial charge in [-0.2, -0.15) is 0 Å². The number of nitrogens with zero attached hydrogens (tertiary/aromatic N) is 1. The highest BCUT2D eigenvalue weighted by Gasteiger charge is 2.20. The Hall–Kier alpha value is -4.61. The van der Waals surface area contributed by atoms with Crippen molar-refractivity contribution in [1.29, 1.82) is 0 Å². The zero-order valence-electron chi connectivity index (χ0n) is 27.1. The normalized spacial score (nSPS) is 14.1. The van der Waals surface area contributed by atoms with Crippen LogP contribution in [-0.4, -0.2) is 68.0 Å². The summed E-state index contributed by atoms with van der Waals surface area (Å²) in [4.78, 5) is 41.0. The number of hydrogen-bond acceptors (Lipinski definition) is 7. The molecule has 3 aromatic carbocycles. The average molecular weight is 632 g/mol. The molecule has 0 bridgehead atoms. The van der Waals surface area contributed by atoms with E-state index in [4.69, 9.17) is 14.2 Å². The molecule has 0 aromatic heterocycles. The Labute approximate surface area is 271 Å². The third-order valence-electron chi connectivity index (χ3n) is 7.17. The van der Waals surface area contributed by atoms with Crippen LogP contribution in [0.4, 0.5) is 26.7 Å². The predicted molar refractivity (Wildman–Crippen MR) is 180 cm³/mol. The number of benzene rings is 3. The quantitative estimate of drug-likeness (QED) is 0.176. The number of urea groups is 1. The maximum atomic E-state index is 13.2. The van der Waals surface area contributed by atoms with Crippen LogP contribution in [-0.2, 0) is 9.47 Å². The van der Waals surface area contributed by atoms with Gasteiger partial charge in [-0.05, 0) is 89.0 Å². The highest BCUT2D eigenvalue weighted by Crippen LogP contribution is 2.25. The van der Waals surface area contributed by atoms with Crippen LogP contribution in [0.1, 0.15) is 62.5 Å². The van der Waals surface area contributed by atoms with Gasteiger partial charge >= 0.3 is 12.1 Å². The van der Waals surface area contributed by atoms with E-state index < -0.39 is 11.7 Å². The van der Waals surface area contributed by atoms with Crippen molar-refractivity contribution in [2.24, 2.45) is 0 Å². The van der Waals surface area contributed by atoms with Crippen LogP contribution in [0.15, 0.2) is 72.8 Å². The molecule has 4 N–H and O–H groups in total. The molecule has 11 heteroatoms. The minimum Gasteiger partial charge on any atom is -0.494 e. The van der Waals surface area contributed by atoms with E-state index in [0.29, 0.717) is 41.4 Å². The molecule has 4 amide bonds. The lowest BCUT2D eigenvalue weighted by atomic mass is 10.00. The molecule has 1 fully saturated rings. The Bertz CT molecular complexity index is 1450. The number of ether oxygens (including phenoxy) is 3. The molecule has 1 heterocycles. The molecule has 0 radical (unpaired) electrons. The average Bonchev–Trinajstić information content (AvgIpc) is 3.01. The summed E-state index contributed by atoms with van der Waals surface area (Å²) in [5.41, 5.74) is 2.14. The SMILES string of the molecule is CCOc1cccc(NC(=O)NC(CCCN2CCOCC2)c2ccc(C(=O)Nc3ccccc3NC(=O)OC(C)(C)C)cc2)c1. The van der Waals surface area contributed by atoms with E-state index in [9.17, 15) is 14.4 Å². The summed E-state index contributed by atoms with van der Waals surface area (Å²) in [5, 5.41) is 11.6. The second-order valence-electron chi connectivity index (χ2n) is 12.0. The number of rotatable bonds is 12. The first-order valence-electron chi connectivity index (χ1n) is 15.7. The van der Waals surface area contributed by atoms with Gasteiger partial charge in [0, 0.05) is 30.4 Å². The van der Waals surface area contributed by atoms with Crippen molar-refractivity contribution in [1.82, 2.24) is 10.2 Å². The van der Waals surface area contributed by atoms with Crippen LogP contribution >= 0.6 is 0 Å². The Morgan fingerprint density at radius 1 is 0.891 bits per heavy atom. The van der Waals surface area contributed by atoms with Gasteiger partial charge in [-0.15, -0.1) is 0 Å². The summed E-state index contributed by atoms with van der Waals surface area (Å²) < 4.78 is 16.4. The van der Waals surface area contributed by atoms with E-state index in [2.05, 4.69) is 26.2 Å². The lowest BCUT2D eigenvalue weighted by Gasteiger charge is -2.27. The molecule has 0 saturated carbocycles. The summed E-state index contributed by atoms with van der Waals surface area (Å²) in [6.45, 7) is 11.9.